The summed E-state index contributed by atoms with van der Waals surface area (Å²) in [6, 6.07) is 3.87. The maximum Gasteiger partial charge on any atom is 0.101 e. The van der Waals surface area contributed by atoms with E-state index in [0.29, 0.717) is 5.56 Å². The summed E-state index contributed by atoms with van der Waals surface area (Å²) < 4.78 is 0. The number of pyridine rings is 1. The van der Waals surface area contributed by atoms with Crippen LogP contribution < -0.4 is 5.32 Å². The Morgan fingerprint density at radius 1 is 1.62 bits per heavy atom. The number of nitriles is 1. The number of hydrogen-bond donors (Lipinski definition) is 1. The first-order chi connectivity index (χ1) is 6.40. The molecule has 3 nitrogen and oxygen atoms in total. The van der Waals surface area contributed by atoms with Crippen LogP contribution >= 0.6 is 0 Å². The van der Waals surface area contributed by atoms with Gasteiger partial charge in [-0.25, -0.2) is 0 Å². The number of nitrogens with one attached hydrogen (secondary N) is 1. The minimum absolute atomic E-state index is 0.677. The summed E-state index contributed by atoms with van der Waals surface area (Å²) in [4.78, 5) is 3.98. The Bertz CT molecular complexity index is 336. The molecule has 0 amide bonds. The highest BCUT2D eigenvalue weighted by atomic mass is 14.9. The first-order valence-electron chi connectivity index (χ1n) is 4.48. The molecular weight excluding hydrogens is 162 g/mol. The van der Waals surface area contributed by atoms with E-state index in [9.17, 15) is 0 Å². The molecule has 1 aliphatic rings. The smallest absolute Gasteiger partial charge is 0.101 e. The Labute approximate surface area is 77.4 Å². The zero-order valence-electron chi connectivity index (χ0n) is 7.33. The maximum absolute atomic E-state index is 8.78. The molecule has 1 aromatic rings. The van der Waals surface area contributed by atoms with Crippen LogP contribution in [0.5, 0.6) is 0 Å². The lowest BCUT2D eigenvalue weighted by molar-refractivity contribution is 0.887. The van der Waals surface area contributed by atoms with Crippen molar-refractivity contribution in [2.75, 3.05) is 11.9 Å². The summed E-state index contributed by atoms with van der Waals surface area (Å²) in [5, 5.41) is 12.0. The molecule has 0 unspecified atom stereocenters. The minimum atomic E-state index is 0.677. The van der Waals surface area contributed by atoms with E-state index < -0.39 is 0 Å². The molecular formula is C10H11N3. The molecule has 1 heterocycles. The van der Waals surface area contributed by atoms with Crippen molar-refractivity contribution in [1.82, 2.24) is 4.98 Å². The van der Waals surface area contributed by atoms with Gasteiger partial charge in [0.2, 0.25) is 0 Å². The fourth-order valence-corrected chi connectivity index (χ4v) is 1.21. The van der Waals surface area contributed by atoms with Crippen LogP contribution in [-0.4, -0.2) is 11.5 Å². The Balaban J connectivity index is 2.05. The standard InChI is InChI=1S/C10H11N3/c11-5-9-3-4-12-7-10(9)13-6-8-1-2-8/h3-4,7-8,13H,1-2,6H2. The third-order valence-corrected chi connectivity index (χ3v) is 2.22. The predicted octanol–water partition coefficient (Wildman–Crippen LogP) is 1.78. The topological polar surface area (TPSA) is 48.7 Å². The van der Waals surface area contributed by atoms with Crippen molar-refractivity contribution in [1.29, 1.82) is 5.26 Å². The number of anilines is 1. The molecule has 0 aliphatic heterocycles. The van der Waals surface area contributed by atoms with E-state index in [1.54, 1.807) is 18.5 Å². The Morgan fingerprint density at radius 3 is 3.15 bits per heavy atom. The van der Waals surface area contributed by atoms with Crippen LogP contribution in [0.4, 0.5) is 5.69 Å². The summed E-state index contributed by atoms with van der Waals surface area (Å²) >= 11 is 0. The van der Waals surface area contributed by atoms with Crippen LogP contribution in [-0.2, 0) is 0 Å². The molecule has 0 spiro atoms. The average molecular weight is 173 g/mol. The summed E-state index contributed by atoms with van der Waals surface area (Å²) in [5.41, 5.74) is 1.53. The van der Waals surface area contributed by atoms with Gasteiger partial charge in [0.1, 0.15) is 6.07 Å². The highest BCUT2D eigenvalue weighted by Crippen LogP contribution is 2.29. The van der Waals surface area contributed by atoms with Crippen molar-refractivity contribution in [3.63, 3.8) is 0 Å². The van der Waals surface area contributed by atoms with Crippen LogP contribution in [0.15, 0.2) is 18.5 Å². The molecule has 0 atom stereocenters. The van der Waals surface area contributed by atoms with E-state index >= 15 is 0 Å². The lowest BCUT2D eigenvalue weighted by atomic mass is 10.2. The monoisotopic (exact) mass is 173 g/mol. The predicted molar refractivity (Wildman–Crippen MR) is 50.2 cm³/mol. The highest BCUT2D eigenvalue weighted by Gasteiger charge is 2.20. The molecule has 2 rings (SSSR count). The molecule has 1 aliphatic carbocycles. The quantitative estimate of drug-likeness (QED) is 0.757. The highest BCUT2D eigenvalue weighted by molar-refractivity contribution is 5.55. The second-order valence-electron chi connectivity index (χ2n) is 3.36. The SMILES string of the molecule is N#Cc1ccncc1NCC1CC1. The van der Waals surface area contributed by atoms with E-state index in [-0.39, 0.29) is 0 Å². The van der Waals surface area contributed by atoms with Crippen molar-refractivity contribution in [2.45, 2.75) is 12.8 Å². The molecule has 3 heteroatoms. The summed E-state index contributed by atoms with van der Waals surface area (Å²) in [7, 11) is 0. The van der Waals surface area contributed by atoms with Crippen LogP contribution in [0.2, 0.25) is 0 Å². The Kier molecular flexibility index (Phi) is 2.13. The van der Waals surface area contributed by atoms with Crippen LogP contribution in [0.1, 0.15) is 18.4 Å². The van der Waals surface area contributed by atoms with Crippen molar-refractivity contribution < 1.29 is 0 Å². The third-order valence-electron chi connectivity index (χ3n) is 2.22. The van der Waals surface area contributed by atoms with Crippen LogP contribution in [0, 0.1) is 17.2 Å². The average Bonchev–Trinajstić information content (AvgIpc) is 2.99. The number of rotatable bonds is 3. The van der Waals surface area contributed by atoms with Gasteiger partial charge < -0.3 is 5.32 Å². The van der Waals surface area contributed by atoms with Crippen molar-refractivity contribution in [2.24, 2.45) is 5.92 Å². The van der Waals surface area contributed by atoms with E-state index in [1.807, 2.05) is 0 Å². The maximum atomic E-state index is 8.78. The second-order valence-corrected chi connectivity index (χ2v) is 3.36. The second kappa shape index (κ2) is 3.44. The minimum Gasteiger partial charge on any atom is -0.382 e. The lowest BCUT2D eigenvalue weighted by Gasteiger charge is -2.05. The van der Waals surface area contributed by atoms with Gasteiger partial charge in [-0.05, 0) is 24.8 Å². The molecule has 0 bridgehead atoms. The van der Waals surface area contributed by atoms with E-state index in [2.05, 4.69) is 16.4 Å². The number of nitrogens with zero attached hydrogens (tertiary/aromatic N) is 2. The first kappa shape index (κ1) is 8.06. The van der Waals surface area contributed by atoms with E-state index in [4.69, 9.17) is 5.26 Å². The molecule has 0 radical (unpaired) electrons. The van der Waals surface area contributed by atoms with Gasteiger partial charge in [-0.15, -0.1) is 0 Å². The van der Waals surface area contributed by atoms with Crippen molar-refractivity contribution in [3.05, 3.63) is 24.0 Å². The van der Waals surface area contributed by atoms with E-state index in [1.165, 1.54) is 12.8 Å². The van der Waals surface area contributed by atoms with E-state index in [0.717, 1.165) is 18.2 Å². The third kappa shape index (κ3) is 1.97. The normalized spacial score (nSPS) is 15.0. The molecule has 13 heavy (non-hydrogen) atoms. The molecule has 66 valence electrons. The molecule has 1 fully saturated rings. The molecule has 1 N–H and O–H groups in total. The largest absolute Gasteiger partial charge is 0.382 e. The number of hydrogen-bond acceptors (Lipinski definition) is 3. The summed E-state index contributed by atoms with van der Waals surface area (Å²) in [5.74, 6) is 0.812. The van der Waals surface area contributed by atoms with Gasteiger partial charge in [-0.3, -0.25) is 4.98 Å². The lowest BCUT2D eigenvalue weighted by Crippen LogP contribution is -2.04. The van der Waals surface area contributed by atoms with Gasteiger partial charge in [0.15, 0.2) is 0 Å². The van der Waals surface area contributed by atoms with Crippen LogP contribution in [0.25, 0.3) is 0 Å². The van der Waals surface area contributed by atoms with Gasteiger partial charge >= 0.3 is 0 Å². The summed E-state index contributed by atoms with van der Waals surface area (Å²) in [6.45, 7) is 0.973. The van der Waals surface area contributed by atoms with Gasteiger partial charge in [0, 0.05) is 12.7 Å². The fourth-order valence-electron chi connectivity index (χ4n) is 1.21. The van der Waals surface area contributed by atoms with Crippen molar-refractivity contribution >= 4 is 5.69 Å². The van der Waals surface area contributed by atoms with Crippen LogP contribution in [0.3, 0.4) is 0 Å². The molecule has 1 saturated carbocycles. The van der Waals surface area contributed by atoms with Gasteiger partial charge in [0.05, 0.1) is 17.4 Å². The number of aromatic nitrogens is 1. The van der Waals surface area contributed by atoms with Crippen molar-refractivity contribution in [3.8, 4) is 6.07 Å². The fraction of sp³-hybridized carbons (Fsp3) is 0.400. The van der Waals surface area contributed by atoms with Gasteiger partial charge in [-0.2, -0.15) is 5.26 Å². The molecule has 1 aromatic heterocycles. The van der Waals surface area contributed by atoms with Gasteiger partial charge in [-0.1, -0.05) is 0 Å². The first-order valence-corrected chi connectivity index (χ1v) is 4.48. The Morgan fingerprint density at radius 2 is 2.46 bits per heavy atom. The summed E-state index contributed by atoms with van der Waals surface area (Å²) in [6.07, 6.45) is 5.98. The molecule has 0 aromatic carbocycles. The Hall–Kier alpha value is -1.56. The van der Waals surface area contributed by atoms with Gasteiger partial charge in [0.25, 0.3) is 0 Å². The zero-order chi connectivity index (χ0) is 9.10. The molecule has 0 saturated heterocycles. The zero-order valence-corrected chi connectivity index (χ0v) is 7.33.